The summed E-state index contributed by atoms with van der Waals surface area (Å²) in [4.78, 5) is 14.2. The zero-order valence-corrected chi connectivity index (χ0v) is 12.8. The number of aliphatic hydroxyl groups excluding tert-OH is 1. The molecular formula is C14H18INO3. The second-order valence-corrected chi connectivity index (χ2v) is 5.99. The molecule has 1 fully saturated rings. The summed E-state index contributed by atoms with van der Waals surface area (Å²) in [5, 5.41) is 18.8. The van der Waals surface area contributed by atoms with Gasteiger partial charge in [-0.05, 0) is 53.6 Å². The second kappa shape index (κ2) is 6.56. The zero-order valence-electron chi connectivity index (χ0n) is 10.7. The summed E-state index contributed by atoms with van der Waals surface area (Å²) in [7, 11) is 0. The maximum atomic E-state index is 12.5. The van der Waals surface area contributed by atoms with Crippen molar-refractivity contribution >= 4 is 28.5 Å². The first-order chi connectivity index (χ1) is 9.13. The number of hydrogen-bond acceptors (Lipinski definition) is 3. The quantitative estimate of drug-likeness (QED) is 0.795. The molecule has 2 N–H and O–H groups in total. The highest BCUT2D eigenvalue weighted by atomic mass is 127. The molecule has 0 unspecified atom stereocenters. The number of amides is 1. The predicted molar refractivity (Wildman–Crippen MR) is 81.2 cm³/mol. The molecule has 1 amide bonds. The van der Waals surface area contributed by atoms with Gasteiger partial charge in [-0.2, -0.15) is 0 Å². The number of carbonyl (C=O) groups is 1. The molecule has 5 heteroatoms. The van der Waals surface area contributed by atoms with E-state index in [4.69, 9.17) is 5.11 Å². The highest BCUT2D eigenvalue weighted by Crippen LogP contribution is 2.26. The molecule has 0 atom stereocenters. The van der Waals surface area contributed by atoms with Crippen LogP contribution in [0.3, 0.4) is 0 Å². The lowest BCUT2D eigenvalue weighted by Crippen LogP contribution is -2.40. The number of phenols is 1. The number of carbonyl (C=O) groups excluding carboxylic acids is 1. The summed E-state index contributed by atoms with van der Waals surface area (Å²) in [5.41, 5.74) is 0.485. The number of aromatic hydroxyl groups is 1. The third-order valence-electron chi connectivity index (χ3n) is 3.56. The van der Waals surface area contributed by atoms with Gasteiger partial charge in [0.15, 0.2) is 0 Å². The van der Waals surface area contributed by atoms with Crippen LogP contribution in [0, 0.1) is 3.57 Å². The Labute approximate surface area is 126 Å². The lowest BCUT2D eigenvalue weighted by atomic mass is 10.1. The maximum Gasteiger partial charge on any atom is 0.254 e. The van der Waals surface area contributed by atoms with Crippen molar-refractivity contribution in [2.75, 3.05) is 13.2 Å². The van der Waals surface area contributed by atoms with Gasteiger partial charge in [0.25, 0.3) is 5.91 Å². The van der Waals surface area contributed by atoms with Crippen LogP contribution in [0.5, 0.6) is 5.75 Å². The molecule has 0 spiro atoms. The molecule has 0 aliphatic heterocycles. The molecule has 0 aromatic heterocycles. The summed E-state index contributed by atoms with van der Waals surface area (Å²) in [6, 6.07) is 5.18. The van der Waals surface area contributed by atoms with Crippen molar-refractivity contribution in [3.8, 4) is 5.75 Å². The first-order valence-corrected chi connectivity index (χ1v) is 7.61. The van der Waals surface area contributed by atoms with Gasteiger partial charge in [-0.15, -0.1) is 0 Å². The highest BCUT2D eigenvalue weighted by molar-refractivity contribution is 14.1. The summed E-state index contributed by atoms with van der Waals surface area (Å²) >= 11 is 2.02. The average Bonchev–Trinajstić information content (AvgIpc) is 2.92. The average molecular weight is 375 g/mol. The highest BCUT2D eigenvalue weighted by Gasteiger charge is 2.27. The number of phenolic OH excluding ortho intramolecular Hbond substituents is 1. The van der Waals surface area contributed by atoms with E-state index in [2.05, 4.69) is 0 Å². The lowest BCUT2D eigenvalue weighted by Gasteiger charge is -2.28. The van der Waals surface area contributed by atoms with Crippen LogP contribution in [0.15, 0.2) is 18.2 Å². The SMILES string of the molecule is O=C(c1ccc(I)c(O)c1)N(CCO)C1CCCC1. The van der Waals surface area contributed by atoms with E-state index in [9.17, 15) is 9.90 Å². The van der Waals surface area contributed by atoms with Gasteiger partial charge in [0.1, 0.15) is 5.75 Å². The van der Waals surface area contributed by atoms with E-state index in [-0.39, 0.29) is 24.3 Å². The minimum absolute atomic E-state index is 0.0292. The smallest absolute Gasteiger partial charge is 0.254 e. The van der Waals surface area contributed by atoms with Gasteiger partial charge in [-0.3, -0.25) is 4.79 Å². The normalized spacial score (nSPS) is 15.7. The van der Waals surface area contributed by atoms with Crippen LogP contribution in [0.25, 0.3) is 0 Å². The lowest BCUT2D eigenvalue weighted by molar-refractivity contribution is 0.0637. The Bertz CT molecular complexity index is 458. The molecule has 1 saturated carbocycles. The molecular weight excluding hydrogens is 357 g/mol. The van der Waals surface area contributed by atoms with E-state index in [1.165, 1.54) is 6.07 Å². The Kier molecular flexibility index (Phi) is 5.04. The fourth-order valence-electron chi connectivity index (χ4n) is 2.59. The summed E-state index contributed by atoms with van der Waals surface area (Å²) in [6.07, 6.45) is 4.28. The van der Waals surface area contributed by atoms with E-state index in [0.29, 0.717) is 12.1 Å². The Morgan fingerprint density at radius 1 is 1.37 bits per heavy atom. The minimum Gasteiger partial charge on any atom is -0.507 e. The third-order valence-corrected chi connectivity index (χ3v) is 4.47. The van der Waals surface area contributed by atoms with E-state index in [1.807, 2.05) is 22.6 Å². The van der Waals surface area contributed by atoms with Gasteiger partial charge in [-0.25, -0.2) is 0 Å². The molecule has 1 aromatic rings. The Balaban J connectivity index is 2.20. The van der Waals surface area contributed by atoms with Crippen molar-refractivity contribution in [3.63, 3.8) is 0 Å². The molecule has 1 aromatic carbocycles. The molecule has 0 bridgehead atoms. The predicted octanol–water partition coefficient (Wildman–Crippen LogP) is 2.37. The molecule has 0 heterocycles. The van der Waals surface area contributed by atoms with Gasteiger partial charge in [0.05, 0.1) is 10.2 Å². The van der Waals surface area contributed by atoms with Crippen LogP contribution < -0.4 is 0 Å². The minimum atomic E-state index is -0.104. The molecule has 0 radical (unpaired) electrons. The van der Waals surface area contributed by atoms with Crippen molar-refractivity contribution < 1.29 is 15.0 Å². The molecule has 1 aliphatic carbocycles. The number of halogens is 1. The van der Waals surface area contributed by atoms with Crippen molar-refractivity contribution in [1.82, 2.24) is 4.90 Å². The summed E-state index contributed by atoms with van der Waals surface area (Å²) in [5.74, 6) is 0.0227. The molecule has 4 nitrogen and oxygen atoms in total. The molecule has 0 saturated heterocycles. The van der Waals surface area contributed by atoms with Crippen molar-refractivity contribution in [2.45, 2.75) is 31.7 Å². The van der Waals surface area contributed by atoms with E-state index in [1.54, 1.807) is 17.0 Å². The van der Waals surface area contributed by atoms with Crippen LogP contribution in [0.4, 0.5) is 0 Å². The molecule has 19 heavy (non-hydrogen) atoms. The van der Waals surface area contributed by atoms with Crippen LogP contribution in [0.2, 0.25) is 0 Å². The Hall–Kier alpha value is -0.820. The van der Waals surface area contributed by atoms with Gasteiger partial charge in [0.2, 0.25) is 0 Å². The third kappa shape index (κ3) is 3.39. The van der Waals surface area contributed by atoms with Crippen molar-refractivity contribution in [1.29, 1.82) is 0 Å². The number of rotatable bonds is 4. The van der Waals surface area contributed by atoms with E-state index in [0.717, 1.165) is 29.3 Å². The number of aliphatic hydroxyl groups is 1. The number of benzene rings is 1. The van der Waals surface area contributed by atoms with Gasteiger partial charge in [-0.1, -0.05) is 12.8 Å². The monoisotopic (exact) mass is 375 g/mol. The Morgan fingerprint density at radius 2 is 2.05 bits per heavy atom. The van der Waals surface area contributed by atoms with Crippen LogP contribution in [0.1, 0.15) is 36.0 Å². The van der Waals surface area contributed by atoms with E-state index < -0.39 is 0 Å². The summed E-state index contributed by atoms with van der Waals surface area (Å²) < 4.78 is 0.726. The number of hydrogen-bond donors (Lipinski definition) is 2. The first-order valence-electron chi connectivity index (χ1n) is 6.54. The van der Waals surface area contributed by atoms with Gasteiger partial charge < -0.3 is 15.1 Å². The fraction of sp³-hybridized carbons (Fsp3) is 0.500. The first kappa shape index (κ1) is 14.6. The largest absolute Gasteiger partial charge is 0.507 e. The van der Waals surface area contributed by atoms with Crippen LogP contribution >= 0.6 is 22.6 Å². The van der Waals surface area contributed by atoms with Crippen LogP contribution in [-0.4, -0.2) is 40.2 Å². The zero-order chi connectivity index (χ0) is 13.8. The fourth-order valence-corrected chi connectivity index (χ4v) is 2.92. The standard InChI is InChI=1S/C14H18INO3/c15-12-6-5-10(9-13(12)18)14(19)16(7-8-17)11-3-1-2-4-11/h5-6,9,11,17-18H,1-4,7-8H2. The van der Waals surface area contributed by atoms with Crippen molar-refractivity contribution in [2.24, 2.45) is 0 Å². The maximum absolute atomic E-state index is 12.5. The van der Waals surface area contributed by atoms with E-state index >= 15 is 0 Å². The van der Waals surface area contributed by atoms with Gasteiger partial charge in [0, 0.05) is 18.2 Å². The molecule has 2 rings (SSSR count). The van der Waals surface area contributed by atoms with Gasteiger partial charge >= 0.3 is 0 Å². The van der Waals surface area contributed by atoms with Crippen LogP contribution in [-0.2, 0) is 0 Å². The summed E-state index contributed by atoms with van der Waals surface area (Å²) in [6.45, 7) is 0.328. The second-order valence-electron chi connectivity index (χ2n) is 4.83. The molecule has 104 valence electrons. The molecule has 1 aliphatic rings. The Morgan fingerprint density at radius 3 is 2.63 bits per heavy atom. The van der Waals surface area contributed by atoms with Crippen molar-refractivity contribution in [3.05, 3.63) is 27.3 Å². The number of nitrogens with zero attached hydrogens (tertiary/aromatic N) is 1. The topological polar surface area (TPSA) is 60.8 Å².